The molecule has 0 aliphatic heterocycles. The molecule has 7 heteroatoms. The van der Waals surface area contributed by atoms with E-state index in [2.05, 4.69) is 42.3 Å². The van der Waals surface area contributed by atoms with E-state index in [1.54, 1.807) is 19.5 Å². The molecule has 3 heterocycles. The standard InChI is InChI=1S/C25H29N5O2/c1-6-32-23-15-26-12-11-20(23)21-13-22(27-14-18-7-9-19(31-5)10-8-18)25-24(28-21)17(4)29-30(25)16(2)3/h7-13,15-16H,6,14H2,1-5H3,(H,27,28). The zero-order valence-corrected chi connectivity index (χ0v) is 19.2. The van der Waals surface area contributed by atoms with Gasteiger partial charge in [-0.3, -0.25) is 9.67 Å². The van der Waals surface area contributed by atoms with Crippen LogP contribution in [0.25, 0.3) is 22.3 Å². The predicted molar refractivity (Wildman–Crippen MR) is 127 cm³/mol. The fourth-order valence-corrected chi connectivity index (χ4v) is 3.73. The summed E-state index contributed by atoms with van der Waals surface area (Å²) in [4.78, 5) is 9.20. The Morgan fingerprint density at radius 1 is 1.12 bits per heavy atom. The fourth-order valence-electron chi connectivity index (χ4n) is 3.73. The van der Waals surface area contributed by atoms with Crippen LogP contribution in [0.15, 0.2) is 48.8 Å². The summed E-state index contributed by atoms with van der Waals surface area (Å²) in [7, 11) is 1.67. The van der Waals surface area contributed by atoms with Gasteiger partial charge < -0.3 is 14.8 Å². The third-order valence-corrected chi connectivity index (χ3v) is 5.31. The number of methoxy groups -OCH3 is 1. The van der Waals surface area contributed by atoms with Crippen LogP contribution in [0.5, 0.6) is 11.5 Å². The van der Waals surface area contributed by atoms with E-state index < -0.39 is 0 Å². The number of benzene rings is 1. The Kier molecular flexibility index (Phi) is 6.25. The topological polar surface area (TPSA) is 74.1 Å². The van der Waals surface area contributed by atoms with Gasteiger partial charge in [0.2, 0.25) is 0 Å². The van der Waals surface area contributed by atoms with Crippen molar-refractivity contribution in [2.45, 2.75) is 40.3 Å². The monoisotopic (exact) mass is 431 g/mol. The van der Waals surface area contributed by atoms with E-state index in [1.807, 2.05) is 36.7 Å². The van der Waals surface area contributed by atoms with Gasteiger partial charge in [-0.25, -0.2) is 4.98 Å². The van der Waals surface area contributed by atoms with Gasteiger partial charge in [-0.1, -0.05) is 12.1 Å². The van der Waals surface area contributed by atoms with Crippen LogP contribution in [0.4, 0.5) is 5.69 Å². The van der Waals surface area contributed by atoms with Crippen molar-refractivity contribution in [2.75, 3.05) is 19.0 Å². The molecule has 0 bridgehead atoms. The molecule has 0 amide bonds. The molecule has 3 aromatic heterocycles. The minimum Gasteiger partial charge on any atom is -0.497 e. The number of rotatable bonds is 8. The van der Waals surface area contributed by atoms with Crippen molar-refractivity contribution in [2.24, 2.45) is 0 Å². The van der Waals surface area contributed by atoms with Crippen molar-refractivity contribution >= 4 is 16.7 Å². The number of fused-ring (bicyclic) bond motifs is 1. The van der Waals surface area contributed by atoms with E-state index in [9.17, 15) is 0 Å². The largest absolute Gasteiger partial charge is 0.497 e. The molecule has 0 spiro atoms. The molecule has 32 heavy (non-hydrogen) atoms. The van der Waals surface area contributed by atoms with Gasteiger partial charge in [0.15, 0.2) is 0 Å². The molecule has 0 aliphatic carbocycles. The molecular weight excluding hydrogens is 402 g/mol. The van der Waals surface area contributed by atoms with E-state index >= 15 is 0 Å². The van der Waals surface area contributed by atoms with Crippen molar-refractivity contribution in [3.63, 3.8) is 0 Å². The zero-order valence-electron chi connectivity index (χ0n) is 19.2. The van der Waals surface area contributed by atoms with Crippen molar-refractivity contribution < 1.29 is 9.47 Å². The minimum absolute atomic E-state index is 0.209. The maximum atomic E-state index is 5.81. The zero-order chi connectivity index (χ0) is 22.7. The van der Waals surface area contributed by atoms with Crippen LogP contribution in [0, 0.1) is 6.92 Å². The fraction of sp³-hybridized carbons (Fsp3) is 0.320. The summed E-state index contributed by atoms with van der Waals surface area (Å²) in [6.07, 6.45) is 3.50. The maximum Gasteiger partial charge on any atom is 0.146 e. The predicted octanol–water partition coefficient (Wildman–Crippen LogP) is 5.40. The number of ether oxygens (including phenoxy) is 2. The maximum absolute atomic E-state index is 5.81. The van der Waals surface area contributed by atoms with E-state index in [-0.39, 0.29) is 6.04 Å². The third-order valence-electron chi connectivity index (χ3n) is 5.31. The lowest BCUT2D eigenvalue weighted by Gasteiger charge is -2.15. The van der Waals surface area contributed by atoms with Crippen LogP contribution < -0.4 is 14.8 Å². The summed E-state index contributed by atoms with van der Waals surface area (Å²) >= 11 is 0. The SMILES string of the molecule is CCOc1cnccc1-c1cc(NCc2ccc(OC)cc2)c2c(n1)c(C)nn2C(C)C. The number of anilines is 1. The van der Waals surface area contributed by atoms with Gasteiger partial charge in [-0.15, -0.1) is 0 Å². The van der Waals surface area contributed by atoms with E-state index in [0.29, 0.717) is 13.2 Å². The van der Waals surface area contributed by atoms with Crippen LogP contribution in [0.2, 0.25) is 0 Å². The highest BCUT2D eigenvalue weighted by Gasteiger charge is 2.19. The number of aromatic nitrogens is 4. The summed E-state index contributed by atoms with van der Waals surface area (Å²) < 4.78 is 13.1. The minimum atomic E-state index is 0.209. The molecule has 0 fully saturated rings. The second-order valence-corrected chi connectivity index (χ2v) is 7.88. The first-order valence-electron chi connectivity index (χ1n) is 10.9. The Morgan fingerprint density at radius 3 is 2.59 bits per heavy atom. The normalized spacial score (nSPS) is 11.2. The van der Waals surface area contributed by atoms with Crippen molar-refractivity contribution in [3.05, 3.63) is 60.0 Å². The highest BCUT2D eigenvalue weighted by Crippen LogP contribution is 2.35. The molecule has 1 N–H and O–H groups in total. The van der Waals surface area contributed by atoms with Crippen molar-refractivity contribution in [1.29, 1.82) is 0 Å². The third kappa shape index (κ3) is 4.23. The van der Waals surface area contributed by atoms with Gasteiger partial charge >= 0.3 is 0 Å². The molecule has 166 valence electrons. The van der Waals surface area contributed by atoms with Crippen LogP contribution in [-0.4, -0.2) is 33.5 Å². The van der Waals surface area contributed by atoms with Gasteiger partial charge in [0.05, 0.1) is 37.0 Å². The lowest BCUT2D eigenvalue weighted by atomic mass is 10.1. The molecule has 0 unspecified atom stereocenters. The van der Waals surface area contributed by atoms with Crippen LogP contribution in [0.3, 0.4) is 0 Å². The van der Waals surface area contributed by atoms with Crippen LogP contribution in [-0.2, 0) is 6.54 Å². The van der Waals surface area contributed by atoms with Gasteiger partial charge in [0.1, 0.15) is 22.5 Å². The summed E-state index contributed by atoms with van der Waals surface area (Å²) in [6, 6.07) is 12.3. The van der Waals surface area contributed by atoms with Crippen molar-refractivity contribution in [3.8, 4) is 22.8 Å². The second-order valence-electron chi connectivity index (χ2n) is 7.88. The summed E-state index contributed by atoms with van der Waals surface area (Å²) in [6.45, 7) is 9.45. The van der Waals surface area contributed by atoms with E-state index in [0.717, 1.165) is 50.7 Å². The summed E-state index contributed by atoms with van der Waals surface area (Å²) in [5, 5.41) is 8.39. The Hall–Kier alpha value is -3.61. The lowest BCUT2D eigenvalue weighted by molar-refractivity contribution is 0.340. The first-order chi connectivity index (χ1) is 15.5. The molecule has 0 saturated carbocycles. The van der Waals surface area contributed by atoms with Gasteiger partial charge in [0, 0.05) is 24.3 Å². The smallest absolute Gasteiger partial charge is 0.146 e. The van der Waals surface area contributed by atoms with Gasteiger partial charge in [-0.2, -0.15) is 5.10 Å². The number of nitrogens with zero attached hydrogens (tertiary/aromatic N) is 4. The highest BCUT2D eigenvalue weighted by molar-refractivity contribution is 5.93. The summed E-state index contributed by atoms with van der Waals surface area (Å²) in [5.41, 5.74) is 6.66. The molecule has 0 saturated heterocycles. The van der Waals surface area contributed by atoms with E-state index in [1.165, 1.54) is 0 Å². The molecule has 4 aromatic rings. The molecular formula is C25H29N5O2. The van der Waals surface area contributed by atoms with E-state index in [4.69, 9.17) is 19.6 Å². The first kappa shape index (κ1) is 21.6. The Labute approximate surface area is 188 Å². The Balaban J connectivity index is 1.81. The Bertz CT molecular complexity index is 1220. The molecule has 0 radical (unpaired) electrons. The van der Waals surface area contributed by atoms with Gasteiger partial charge in [0.25, 0.3) is 0 Å². The molecule has 0 aliphatic rings. The average Bonchev–Trinajstić information content (AvgIpc) is 3.15. The molecule has 0 atom stereocenters. The van der Waals surface area contributed by atoms with Crippen LogP contribution >= 0.6 is 0 Å². The summed E-state index contributed by atoms with van der Waals surface area (Å²) in [5.74, 6) is 1.56. The molecule has 4 rings (SSSR count). The first-order valence-corrected chi connectivity index (χ1v) is 10.9. The van der Waals surface area contributed by atoms with Crippen molar-refractivity contribution in [1.82, 2.24) is 19.7 Å². The average molecular weight is 432 g/mol. The number of aryl methyl sites for hydroxylation is 1. The Morgan fingerprint density at radius 2 is 1.91 bits per heavy atom. The number of pyridine rings is 2. The molecule has 7 nitrogen and oxygen atoms in total. The lowest BCUT2D eigenvalue weighted by Crippen LogP contribution is -2.07. The highest BCUT2D eigenvalue weighted by atomic mass is 16.5. The number of nitrogens with one attached hydrogen (secondary N) is 1. The number of hydrogen-bond donors (Lipinski definition) is 1. The number of hydrogen-bond acceptors (Lipinski definition) is 6. The van der Waals surface area contributed by atoms with Gasteiger partial charge in [-0.05, 0) is 57.5 Å². The second kappa shape index (κ2) is 9.26. The van der Waals surface area contributed by atoms with Crippen LogP contribution in [0.1, 0.15) is 38.1 Å². The quantitative estimate of drug-likeness (QED) is 0.402. The molecule has 1 aromatic carbocycles.